The van der Waals surface area contributed by atoms with Crippen molar-refractivity contribution in [2.75, 3.05) is 20.1 Å². The molecule has 0 aliphatic carbocycles. The van der Waals surface area contributed by atoms with Crippen molar-refractivity contribution in [1.29, 1.82) is 0 Å². The summed E-state index contributed by atoms with van der Waals surface area (Å²) in [5, 5.41) is 0. The van der Waals surface area contributed by atoms with Crippen molar-refractivity contribution in [3.05, 3.63) is 24.3 Å². The van der Waals surface area contributed by atoms with Crippen molar-refractivity contribution < 1.29 is 9.53 Å². The van der Waals surface area contributed by atoms with Gasteiger partial charge in [0.15, 0.2) is 0 Å². The van der Waals surface area contributed by atoms with E-state index in [-0.39, 0.29) is 12.1 Å². The Kier molecular flexibility index (Phi) is 5.57. The van der Waals surface area contributed by atoms with Gasteiger partial charge >= 0.3 is 6.09 Å². The third kappa shape index (κ3) is 4.89. The molecule has 0 aromatic carbocycles. The van der Waals surface area contributed by atoms with Crippen LogP contribution in [0.25, 0.3) is 0 Å². The van der Waals surface area contributed by atoms with Gasteiger partial charge in [-0.05, 0) is 47.6 Å². The fourth-order valence-electron chi connectivity index (χ4n) is 2.83. The molecule has 0 unspecified atom stereocenters. The number of aromatic nitrogens is 2. The molecular formula is C17H28N4O2. The molecular weight excluding hydrogens is 292 g/mol. The summed E-state index contributed by atoms with van der Waals surface area (Å²) >= 11 is 0. The van der Waals surface area contributed by atoms with Gasteiger partial charge < -0.3 is 9.64 Å². The minimum absolute atomic E-state index is 0.208. The van der Waals surface area contributed by atoms with Crippen LogP contribution in [0.15, 0.2) is 18.6 Å². The van der Waals surface area contributed by atoms with Gasteiger partial charge in [-0.25, -0.2) is 4.79 Å². The predicted molar refractivity (Wildman–Crippen MR) is 89.0 cm³/mol. The number of amides is 1. The van der Waals surface area contributed by atoms with E-state index in [0.717, 1.165) is 31.6 Å². The van der Waals surface area contributed by atoms with Crippen LogP contribution in [0.5, 0.6) is 0 Å². The number of hydrogen-bond acceptors (Lipinski definition) is 5. The van der Waals surface area contributed by atoms with Gasteiger partial charge in [-0.2, -0.15) is 0 Å². The molecule has 1 atom stereocenters. The molecule has 0 N–H and O–H groups in total. The van der Waals surface area contributed by atoms with E-state index < -0.39 is 5.60 Å². The van der Waals surface area contributed by atoms with Crippen LogP contribution in [0.3, 0.4) is 0 Å². The van der Waals surface area contributed by atoms with E-state index in [9.17, 15) is 4.79 Å². The molecule has 0 spiro atoms. The van der Waals surface area contributed by atoms with E-state index in [2.05, 4.69) is 28.8 Å². The fourth-order valence-corrected chi connectivity index (χ4v) is 2.83. The van der Waals surface area contributed by atoms with Crippen LogP contribution in [0.1, 0.15) is 52.3 Å². The Bertz CT molecular complexity index is 507. The minimum Gasteiger partial charge on any atom is -0.444 e. The first kappa shape index (κ1) is 17.7. The second-order valence-electron chi connectivity index (χ2n) is 7.17. The first-order valence-electron chi connectivity index (χ1n) is 8.23. The summed E-state index contributed by atoms with van der Waals surface area (Å²) in [5.74, 6) is 0. The van der Waals surface area contributed by atoms with Crippen LogP contribution in [-0.4, -0.2) is 57.6 Å². The third-order valence-electron chi connectivity index (χ3n) is 4.31. The van der Waals surface area contributed by atoms with Gasteiger partial charge in [0.25, 0.3) is 0 Å². The standard InChI is InChI=1S/C17H28N4O2/c1-13(15-12-18-8-9-19-15)20(5)14-6-10-21(11-7-14)16(22)23-17(2,3)4/h8-9,12-14H,6-7,10-11H2,1-5H3/t13-/m1/s1. The van der Waals surface area contributed by atoms with Gasteiger partial charge in [0.05, 0.1) is 11.7 Å². The SMILES string of the molecule is C[C@H](c1cnccn1)N(C)C1CCN(C(=O)OC(C)(C)C)CC1. The van der Waals surface area contributed by atoms with E-state index in [1.807, 2.05) is 31.9 Å². The minimum atomic E-state index is -0.439. The summed E-state index contributed by atoms with van der Waals surface area (Å²) in [7, 11) is 2.12. The van der Waals surface area contributed by atoms with Crippen molar-refractivity contribution in [1.82, 2.24) is 19.8 Å². The maximum absolute atomic E-state index is 12.1. The highest BCUT2D eigenvalue weighted by Gasteiger charge is 2.30. The van der Waals surface area contributed by atoms with Crippen molar-refractivity contribution in [3.8, 4) is 0 Å². The molecule has 2 rings (SSSR count). The smallest absolute Gasteiger partial charge is 0.410 e. The second-order valence-corrected chi connectivity index (χ2v) is 7.17. The molecule has 1 aliphatic rings. The van der Waals surface area contributed by atoms with Crippen molar-refractivity contribution in [2.45, 2.75) is 58.2 Å². The van der Waals surface area contributed by atoms with Crippen LogP contribution >= 0.6 is 0 Å². The molecule has 1 aliphatic heterocycles. The highest BCUT2D eigenvalue weighted by molar-refractivity contribution is 5.68. The van der Waals surface area contributed by atoms with Gasteiger partial charge in [-0.3, -0.25) is 14.9 Å². The first-order chi connectivity index (χ1) is 10.8. The molecule has 1 aromatic heterocycles. The zero-order valence-corrected chi connectivity index (χ0v) is 14.8. The molecule has 0 radical (unpaired) electrons. The van der Waals surface area contributed by atoms with Gasteiger partial charge in [0.2, 0.25) is 0 Å². The molecule has 2 heterocycles. The van der Waals surface area contributed by atoms with E-state index in [1.54, 1.807) is 12.4 Å². The summed E-state index contributed by atoms with van der Waals surface area (Å²) in [5.41, 5.74) is 0.537. The van der Waals surface area contributed by atoms with Gasteiger partial charge in [0, 0.05) is 37.7 Å². The van der Waals surface area contributed by atoms with Crippen LogP contribution in [0.2, 0.25) is 0 Å². The maximum Gasteiger partial charge on any atom is 0.410 e. The predicted octanol–water partition coefficient (Wildman–Crippen LogP) is 2.87. The highest BCUT2D eigenvalue weighted by atomic mass is 16.6. The third-order valence-corrected chi connectivity index (χ3v) is 4.31. The quantitative estimate of drug-likeness (QED) is 0.857. The lowest BCUT2D eigenvalue weighted by molar-refractivity contribution is 0.0136. The Morgan fingerprint density at radius 2 is 2.00 bits per heavy atom. The van der Waals surface area contributed by atoms with Crippen LogP contribution in [-0.2, 0) is 4.74 Å². The molecule has 1 fully saturated rings. The lowest BCUT2D eigenvalue weighted by atomic mass is 10.0. The van der Waals surface area contributed by atoms with Crippen LogP contribution in [0.4, 0.5) is 4.79 Å². The fraction of sp³-hybridized carbons (Fsp3) is 0.706. The lowest BCUT2D eigenvalue weighted by Crippen LogP contribution is -2.47. The molecule has 6 nitrogen and oxygen atoms in total. The Balaban J connectivity index is 1.87. The summed E-state index contributed by atoms with van der Waals surface area (Å²) in [6.45, 7) is 9.30. The summed E-state index contributed by atoms with van der Waals surface area (Å²) in [4.78, 5) is 24.8. The summed E-state index contributed by atoms with van der Waals surface area (Å²) in [6.07, 6.45) is 6.92. The molecule has 0 saturated carbocycles. The molecule has 0 bridgehead atoms. The Hall–Kier alpha value is -1.69. The van der Waals surface area contributed by atoms with E-state index in [4.69, 9.17) is 4.74 Å². The average molecular weight is 320 g/mol. The van der Waals surface area contributed by atoms with Crippen molar-refractivity contribution in [3.63, 3.8) is 0 Å². The number of piperidine rings is 1. The molecule has 6 heteroatoms. The largest absolute Gasteiger partial charge is 0.444 e. The van der Waals surface area contributed by atoms with Crippen LogP contribution < -0.4 is 0 Å². The Labute approximate surface area is 138 Å². The topological polar surface area (TPSA) is 58.6 Å². The number of hydrogen-bond donors (Lipinski definition) is 0. The van der Waals surface area contributed by atoms with Crippen molar-refractivity contribution in [2.24, 2.45) is 0 Å². The van der Waals surface area contributed by atoms with Gasteiger partial charge in [0.1, 0.15) is 5.60 Å². The number of nitrogens with zero attached hydrogens (tertiary/aromatic N) is 4. The lowest BCUT2D eigenvalue weighted by Gasteiger charge is -2.39. The molecule has 128 valence electrons. The number of carbonyl (C=O) groups excluding carboxylic acids is 1. The average Bonchev–Trinajstić information content (AvgIpc) is 2.53. The molecule has 1 aromatic rings. The molecule has 1 amide bonds. The van der Waals surface area contributed by atoms with E-state index in [0.29, 0.717) is 6.04 Å². The molecule has 23 heavy (non-hydrogen) atoms. The second kappa shape index (κ2) is 7.25. The zero-order valence-electron chi connectivity index (χ0n) is 14.8. The zero-order chi connectivity index (χ0) is 17.0. The Morgan fingerprint density at radius 3 is 2.52 bits per heavy atom. The Morgan fingerprint density at radius 1 is 1.35 bits per heavy atom. The number of rotatable bonds is 3. The number of likely N-dealkylation sites (tertiary alicyclic amines) is 1. The van der Waals surface area contributed by atoms with Crippen molar-refractivity contribution >= 4 is 6.09 Å². The maximum atomic E-state index is 12.1. The van der Waals surface area contributed by atoms with Gasteiger partial charge in [-0.1, -0.05) is 0 Å². The normalized spacial score (nSPS) is 18.1. The number of carbonyl (C=O) groups is 1. The summed E-state index contributed by atoms with van der Waals surface area (Å²) in [6, 6.07) is 0.646. The number of ether oxygens (including phenoxy) is 1. The van der Waals surface area contributed by atoms with Gasteiger partial charge in [-0.15, -0.1) is 0 Å². The van der Waals surface area contributed by atoms with E-state index in [1.165, 1.54) is 0 Å². The molecule has 1 saturated heterocycles. The highest BCUT2D eigenvalue weighted by Crippen LogP contribution is 2.24. The van der Waals surface area contributed by atoms with Crippen LogP contribution in [0, 0.1) is 0 Å². The monoisotopic (exact) mass is 320 g/mol. The first-order valence-corrected chi connectivity index (χ1v) is 8.23. The van der Waals surface area contributed by atoms with E-state index >= 15 is 0 Å². The summed E-state index contributed by atoms with van der Waals surface area (Å²) < 4.78 is 5.44.